The Morgan fingerprint density at radius 2 is 0.816 bits per heavy atom. The molecule has 11 aromatic rings. The van der Waals surface area contributed by atoms with E-state index in [0.717, 1.165) is 21.9 Å². The summed E-state index contributed by atoms with van der Waals surface area (Å²) in [4.78, 5) is 0. The van der Waals surface area contributed by atoms with Gasteiger partial charge in [0.2, 0.25) is 0 Å². The van der Waals surface area contributed by atoms with Gasteiger partial charge in [-0.25, -0.2) is 0 Å². The van der Waals surface area contributed by atoms with Gasteiger partial charge in [-0.05, 0) is 105 Å². The molecular formula is C48H28O. The second-order valence-corrected chi connectivity index (χ2v) is 13.2. The number of hydrogen-bond acceptors (Lipinski definition) is 1. The van der Waals surface area contributed by atoms with E-state index in [1.165, 1.54) is 87.2 Å². The van der Waals surface area contributed by atoms with Crippen molar-refractivity contribution >= 4 is 75.8 Å². The summed E-state index contributed by atoms with van der Waals surface area (Å²) < 4.78 is 6.46. The van der Waals surface area contributed by atoms with Gasteiger partial charge in [0, 0.05) is 10.8 Å². The summed E-state index contributed by atoms with van der Waals surface area (Å²) in [5, 5.41) is 15.2. The number of rotatable bonds is 3. The van der Waals surface area contributed by atoms with Crippen LogP contribution in [0.1, 0.15) is 0 Å². The van der Waals surface area contributed by atoms with Crippen molar-refractivity contribution in [2.45, 2.75) is 0 Å². The smallest absolute Gasteiger partial charge is 0.136 e. The van der Waals surface area contributed by atoms with Crippen LogP contribution in [-0.4, -0.2) is 0 Å². The second-order valence-electron chi connectivity index (χ2n) is 13.2. The molecule has 11 rings (SSSR count). The molecule has 0 aliphatic heterocycles. The van der Waals surface area contributed by atoms with Gasteiger partial charge in [-0.2, -0.15) is 0 Å². The molecule has 0 unspecified atom stereocenters. The molecule has 49 heavy (non-hydrogen) atoms. The van der Waals surface area contributed by atoms with Gasteiger partial charge in [0.25, 0.3) is 0 Å². The molecule has 0 saturated carbocycles. The van der Waals surface area contributed by atoms with Crippen LogP contribution < -0.4 is 0 Å². The van der Waals surface area contributed by atoms with Gasteiger partial charge in [-0.1, -0.05) is 152 Å². The molecule has 0 N–H and O–H groups in total. The van der Waals surface area contributed by atoms with Gasteiger partial charge in [-0.15, -0.1) is 0 Å². The van der Waals surface area contributed by atoms with E-state index in [1.54, 1.807) is 0 Å². The van der Waals surface area contributed by atoms with E-state index in [4.69, 9.17) is 4.42 Å². The van der Waals surface area contributed by atoms with Gasteiger partial charge < -0.3 is 4.42 Å². The van der Waals surface area contributed by atoms with Crippen molar-refractivity contribution in [3.8, 4) is 33.4 Å². The first-order valence-electron chi connectivity index (χ1n) is 16.9. The first-order chi connectivity index (χ1) is 24.3. The van der Waals surface area contributed by atoms with Crippen molar-refractivity contribution in [2.24, 2.45) is 0 Å². The Morgan fingerprint density at radius 1 is 0.265 bits per heavy atom. The van der Waals surface area contributed by atoms with Crippen molar-refractivity contribution in [2.75, 3.05) is 0 Å². The molecule has 1 heterocycles. The number of hydrogen-bond donors (Lipinski definition) is 0. The van der Waals surface area contributed by atoms with Crippen LogP contribution in [0.2, 0.25) is 0 Å². The average molecular weight is 621 g/mol. The van der Waals surface area contributed by atoms with E-state index in [1.807, 2.05) is 0 Å². The Morgan fingerprint density at radius 3 is 1.59 bits per heavy atom. The van der Waals surface area contributed by atoms with Crippen LogP contribution in [0.3, 0.4) is 0 Å². The number of benzene rings is 10. The molecule has 0 bridgehead atoms. The third kappa shape index (κ3) is 3.76. The highest BCUT2D eigenvalue weighted by Gasteiger charge is 2.20. The Hall–Kier alpha value is -6.44. The molecule has 0 radical (unpaired) electrons. The quantitative estimate of drug-likeness (QED) is 0.141. The molecule has 0 atom stereocenters. The lowest BCUT2D eigenvalue weighted by Gasteiger charge is -2.19. The number of furan rings is 1. The highest BCUT2D eigenvalue weighted by molar-refractivity contribution is 6.36. The highest BCUT2D eigenvalue weighted by atomic mass is 16.3. The molecule has 1 nitrogen and oxygen atoms in total. The summed E-state index contributed by atoms with van der Waals surface area (Å²) in [6.45, 7) is 0. The largest absolute Gasteiger partial charge is 0.456 e. The molecule has 0 spiro atoms. The average Bonchev–Trinajstić information content (AvgIpc) is 3.55. The predicted octanol–water partition coefficient (Wildman–Crippen LogP) is 13.8. The third-order valence-corrected chi connectivity index (χ3v) is 10.6. The summed E-state index contributed by atoms with van der Waals surface area (Å²) in [6.07, 6.45) is 0. The lowest BCUT2D eigenvalue weighted by atomic mass is 9.84. The first-order valence-corrected chi connectivity index (χ1v) is 16.9. The summed E-state index contributed by atoms with van der Waals surface area (Å²) in [6, 6.07) is 62.0. The van der Waals surface area contributed by atoms with Crippen LogP contribution in [0.15, 0.2) is 174 Å². The molecule has 1 heteroatoms. The van der Waals surface area contributed by atoms with Gasteiger partial charge in [-0.3, -0.25) is 0 Å². The molecule has 1 aromatic heterocycles. The molecule has 0 fully saturated rings. The van der Waals surface area contributed by atoms with Crippen LogP contribution in [0, 0.1) is 0 Å². The highest BCUT2D eigenvalue weighted by Crippen LogP contribution is 2.47. The number of fused-ring (bicyclic) bond motifs is 6. The topological polar surface area (TPSA) is 13.1 Å². The van der Waals surface area contributed by atoms with E-state index in [-0.39, 0.29) is 0 Å². The van der Waals surface area contributed by atoms with Crippen molar-refractivity contribution in [1.29, 1.82) is 0 Å². The summed E-state index contributed by atoms with van der Waals surface area (Å²) in [5.74, 6) is 0. The lowest BCUT2D eigenvalue weighted by Crippen LogP contribution is -1.91. The van der Waals surface area contributed by atoms with Crippen LogP contribution >= 0.6 is 0 Å². The Labute approximate surface area is 282 Å². The van der Waals surface area contributed by atoms with E-state index in [9.17, 15) is 0 Å². The van der Waals surface area contributed by atoms with Gasteiger partial charge in [0.05, 0.1) is 0 Å². The van der Waals surface area contributed by atoms with E-state index in [0.29, 0.717) is 0 Å². The van der Waals surface area contributed by atoms with Crippen LogP contribution in [-0.2, 0) is 0 Å². The zero-order chi connectivity index (χ0) is 32.1. The zero-order valence-electron chi connectivity index (χ0n) is 26.6. The van der Waals surface area contributed by atoms with Gasteiger partial charge >= 0.3 is 0 Å². The Kier molecular flexibility index (Phi) is 5.45. The summed E-state index contributed by atoms with van der Waals surface area (Å²) in [5.41, 5.74) is 9.18. The maximum absolute atomic E-state index is 6.46. The van der Waals surface area contributed by atoms with Crippen molar-refractivity contribution in [3.05, 3.63) is 170 Å². The monoisotopic (exact) mass is 620 g/mol. The van der Waals surface area contributed by atoms with Gasteiger partial charge in [0.15, 0.2) is 0 Å². The maximum atomic E-state index is 6.46. The van der Waals surface area contributed by atoms with E-state index < -0.39 is 0 Å². The molecule has 10 aromatic carbocycles. The normalized spacial score (nSPS) is 12.1. The van der Waals surface area contributed by atoms with Crippen LogP contribution in [0.4, 0.5) is 0 Å². The Balaban J connectivity index is 1.19. The summed E-state index contributed by atoms with van der Waals surface area (Å²) >= 11 is 0. The van der Waals surface area contributed by atoms with E-state index >= 15 is 0 Å². The minimum Gasteiger partial charge on any atom is -0.456 e. The minimum atomic E-state index is 0.910. The predicted molar refractivity (Wildman–Crippen MR) is 209 cm³/mol. The van der Waals surface area contributed by atoms with Crippen LogP contribution in [0.5, 0.6) is 0 Å². The SMILES string of the molecule is c1ccc(-c2ccc3oc4cccc(-c5ccc6c7ccc(-c8cccc9ccccc89)c8cccc(c9cccc5c96)c87)c4c3c2)cc1. The zero-order valence-corrected chi connectivity index (χ0v) is 26.6. The Bertz CT molecular complexity index is 3070. The fourth-order valence-corrected chi connectivity index (χ4v) is 8.50. The van der Waals surface area contributed by atoms with Crippen molar-refractivity contribution in [1.82, 2.24) is 0 Å². The molecule has 0 saturated heterocycles. The molecule has 0 aliphatic rings. The minimum absolute atomic E-state index is 0.910. The molecule has 0 aliphatic carbocycles. The summed E-state index contributed by atoms with van der Waals surface area (Å²) in [7, 11) is 0. The molecular weight excluding hydrogens is 593 g/mol. The second kappa shape index (κ2) is 10.0. The molecule has 0 amide bonds. The van der Waals surface area contributed by atoms with Crippen LogP contribution in [0.25, 0.3) is 109 Å². The van der Waals surface area contributed by atoms with Crippen molar-refractivity contribution in [3.63, 3.8) is 0 Å². The lowest BCUT2D eigenvalue weighted by molar-refractivity contribution is 0.669. The van der Waals surface area contributed by atoms with Crippen molar-refractivity contribution < 1.29 is 4.42 Å². The third-order valence-electron chi connectivity index (χ3n) is 10.6. The van der Waals surface area contributed by atoms with Gasteiger partial charge in [0.1, 0.15) is 11.2 Å². The fraction of sp³-hybridized carbons (Fsp3) is 0. The first kappa shape index (κ1) is 26.6. The fourth-order valence-electron chi connectivity index (χ4n) is 8.50. The molecule has 226 valence electrons. The maximum Gasteiger partial charge on any atom is 0.136 e. The standard InChI is InChI=1S/C48H28O/c1-2-10-29(11-3-1)31-22-27-44-43(28-31)48-38(20-9-21-45(48)49-44)35-24-26-42-41-25-23-34(33-15-6-13-30-12-4-5-14-32(30)33)36-16-7-18-39(46(36)41)40-19-8-17-37(35)47(40)42/h1-28H. The van der Waals surface area contributed by atoms with E-state index in [2.05, 4.69) is 170 Å².